The van der Waals surface area contributed by atoms with Crippen molar-refractivity contribution in [3.63, 3.8) is 0 Å². The van der Waals surface area contributed by atoms with Crippen LogP contribution in [0.2, 0.25) is 0 Å². The normalized spacial score (nSPS) is 13.1. The van der Waals surface area contributed by atoms with Gasteiger partial charge in [-0.15, -0.1) is 0 Å². The second-order valence-corrected chi connectivity index (χ2v) is 2.53. The van der Waals surface area contributed by atoms with Crippen LogP contribution in [0.5, 0.6) is 0 Å². The first-order chi connectivity index (χ1) is 5.79. The van der Waals surface area contributed by atoms with Crippen molar-refractivity contribution >= 4 is 0 Å². The van der Waals surface area contributed by atoms with Crippen LogP contribution in [0.25, 0.3) is 0 Å². The molecule has 0 amide bonds. The molecule has 0 saturated heterocycles. The highest BCUT2D eigenvalue weighted by Crippen LogP contribution is 2.15. The van der Waals surface area contributed by atoms with Gasteiger partial charge >= 0.3 is 0 Å². The highest BCUT2D eigenvalue weighted by molar-refractivity contribution is 5.20. The largest absolute Gasteiger partial charge is 0.0776 e. The van der Waals surface area contributed by atoms with Gasteiger partial charge < -0.3 is 0 Å². The van der Waals surface area contributed by atoms with Gasteiger partial charge in [0.15, 0.2) is 0 Å². The van der Waals surface area contributed by atoms with Crippen molar-refractivity contribution in [2.45, 2.75) is 61.8 Å². The van der Waals surface area contributed by atoms with Gasteiger partial charge in [0.05, 0.1) is 0 Å². The second kappa shape index (κ2) is 14.0. The topological polar surface area (TPSA) is 0 Å². The molecular weight excluding hydrogens is 156 g/mol. The molecule has 0 saturated carbocycles. The van der Waals surface area contributed by atoms with Gasteiger partial charge in [-0.2, -0.15) is 0 Å². The molecule has 0 atom stereocenters. The summed E-state index contributed by atoms with van der Waals surface area (Å²) in [6.07, 6.45) is 6.95. The molecule has 1 aliphatic rings. The summed E-state index contributed by atoms with van der Waals surface area (Å²) in [4.78, 5) is 0. The molecule has 0 fully saturated rings. The van der Waals surface area contributed by atoms with Crippen molar-refractivity contribution in [3.8, 4) is 0 Å². The van der Waals surface area contributed by atoms with E-state index < -0.39 is 0 Å². The first-order valence-corrected chi connectivity index (χ1v) is 5.12. The lowest BCUT2D eigenvalue weighted by Crippen LogP contribution is -1.85. The van der Waals surface area contributed by atoms with Crippen LogP contribution in [0.3, 0.4) is 0 Å². The Kier molecular flexibility index (Phi) is 19.8. The van der Waals surface area contributed by atoms with Crippen molar-refractivity contribution in [2.24, 2.45) is 0 Å². The third kappa shape index (κ3) is 11.5. The van der Waals surface area contributed by atoms with E-state index in [-0.39, 0.29) is 7.43 Å². The molecule has 0 aromatic carbocycles. The lowest BCUT2D eigenvalue weighted by Gasteiger charge is -2.05. The summed E-state index contributed by atoms with van der Waals surface area (Å²) in [7, 11) is 0. The van der Waals surface area contributed by atoms with Crippen LogP contribution in [0.4, 0.5) is 0 Å². The van der Waals surface area contributed by atoms with Gasteiger partial charge in [0, 0.05) is 0 Å². The maximum atomic E-state index is 2.21. The van der Waals surface area contributed by atoms with Crippen molar-refractivity contribution < 1.29 is 0 Å². The standard InChI is InChI=1S/C8H12.2C2H6.CH4/c1-7-3-5-8(2)6-4-7;2*1-2;/h3,5H,4,6H2,1-2H3;2*1-2H3;1H4. The Morgan fingerprint density at radius 3 is 1.15 bits per heavy atom. The van der Waals surface area contributed by atoms with E-state index in [1.54, 1.807) is 0 Å². The molecule has 0 nitrogen and oxygen atoms in total. The van der Waals surface area contributed by atoms with Crippen LogP contribution in [0.15, 0.2) is 23.3 Å². The highest BCUT2D eigenvalue weighted by atomic mass is 14.0. The minimum atomic E-state index is 0. The van der Waals surface area contributed by atoms with Gasteiger partial charge in [0.1, 0.15) is 0 Å². The van der Waals surface area contributed by atoms with Crippen LogP contribution < -0.4 is 0 Å². The molecule has 0 bridgehead atoms. The fraction of sp³-hybridized carbons (Fsp3) is 0.692. The maximum Gasteiger partial charge on any atom is -0.0283 e. The molecule has 0 N–H and O–H groups in total. The molecule has 0 unspecified atom stereocenters. The smallest absolute Gasteiger partial charge is 0.0283 e. The average Bonchev–Trinajstić information content (AvgIpc) is 2.17. The summed E-state index contributed by atoms with van der Waals surface area (Å²) in [5.41, 5.74) is 3.02. The van der Waals surface area contributed by atoms with E-state index in [0.717, 1.165) is 0 Å². The fourth-order valence-corrected chi connectivity index (χ4v) is 0.846. The van der Waals surface area contributed by atoms with Gasteiger partial charge in [-0.25, -0.2) is 0 Å². The van der Waals surface area contributed by atoms with E-state index in [4.69, 9.17) is 0 Å². The van der Waals surface area contributed by atoms with E-state index >= 15 is 0 Å². The molecule has 1 rings (SSSR count). The summed E-state index contributed by atoms with van der Waals surface area (Å²) in [5, 5.41) is 0. The highest BCUT2D eigenvalue weighted by Gasteiger charge is 1.95. The molecule has 0 spiro atoms. The predicted octanol–water partition coefficient (Wildman–Crippen LogP) is 5.36. The van der Waals surface area contributed by atoms with Crippen LogP contribution >= 0.6 is 0 Å². The number of hydrogen-bond acceptors (Lipinski definition) is 0. The molecule has 0 aromatic heterocycles. The molecule has 0 heteroatoms. The van der Waals surface area contributed by atoms with E-state index in [2.05, 4.69) is 26.0 Å². The van der Waals surface area contributed by atoms with Gasteiger partial charge in [0.25, 0.3) is 0 Å². The molecule has 13 heavy (non-hydrogen) atoms. The third-order valence-electron chi connectivity index (χ3n) is 1.57. The van der Waals surface area contributed by atoms with Crippen LogP contribution in [-0.4, -0.2) is 0 Å². The Morgan fingerprint density at radius 2 is 1.00 bits per heavy atom. The van der Waals surface area contributed by atoms with E-state index in [9.17, 15) is 0 Å². The summed E-state index contributed by atoms with van der Waals surface area (Å²) < 4.78 is 0. The minimum absolute atomic E-state index is 0. The van der Waals surface area contributed by atoms with Crippen molar-refractivity contribution in [1.82, 2.24) is 0 Å². The molecule has 1 aliphatic carbocycles. The van der Waals surface area contributed by atoms with Gasteiger partial charge in [-0.3, -0.25) is 0 Å². The zero-order valence-electron chi connectivity index (χ0n) is 9.57. The SMILES string of the molecule is C.CC.CC.CC1=CC=C(C)CC1. The number of hydrogen-bond donors (Lipinski definition) is 0. The number of rotatable bonds is 0. The van der Waals surface area contributed by atoms with E-state index in [1.165, 1.54) is 24.0 Å². The van der Waals surface area contributed by atoms with Gasteiger partial charge in [0.2, 0.25) is 0 Å². The molecule has 0 heterocycles. The van der Waals surface area contributed by atoms with Gasteiger partial charge in [-0.05, 0) is 26.7 Å². The predicted molar refractivity (Wildman–Crippen MR) is 66.2 cm³/mol. The van der Waals surface area contributed by atoms with Gasteiger partial charge in [-0.1, -0.05) is 58.4 Å². The monoisotopic (exact) mass is 184 g/mol. The lowest BCUT2D eigenvalue weighted by atomic mass is 10.0. The zero-order chi connectivity index (χ0) is 9.98. The van der Waals surface area contributed by atoms with Crippen molar-refractivity contribution in [1.29, 1.82) is 0 Å². The van der Waals surface area contributed by atoms with E-state index in [1.807, 2.05) is 27.7 Å². The summed E-state index contributed by atoms with van der Waals surface area (Å²) in [6.45, 7) is 12.4. The zero-order valence-corrected chi connectivity index (χ0v) is 9.57. The summed E-state index contributed by atoms with van der Waals surface area (Å²) >= 11 is 0. The Bertz CT molecular complexity index is 120. The Hall–Kier alpha value is -0.520. The Labute approximate surface area is 85.8 Å². The quantitative estimate of drug-likeness (QED) is 0.475. The summed E-state index contributed by atoms with van der Waals surface area (Å²) in [6, 6.07) is 0. The number of allylic oxidation sites excluding steroid dienone is 4. The first-order valence-electron chi connectivity index (χ1n) is 5.12. The Morgan fingerprint density at radius 1 is 0.769 bits per heavy atom. The van der Waals surface area contributed by atoms with Crippen molar-refractivity contribution in [3.05, 3.63) is 23.3 Å². The second-order valence-electron chi connectivity index (χ2n) is 2.53. The Balaban J connectivity index is -0.000000178. The summed E-state index contributed by atoms with van der Waals surface area (Å²) in [5.74, 6) is 0. The van der Waals surface area contributed by atoms with Crippen LogP contribution in [-0.2, 0) is 0 Å². The van der Waals surface area contributed by atoms with Crippen LogP contribution in [0, 0.1) is 0 Å². The van der Waals surface area contributed by atoms with E-state index in [0.29, 0.717) is 0 Å². The third-order valence-corrected chi connectivity index (χ3v) is 1.57. The first kappa shape index (κ1) is 18.3. The average molecular weight is 184 g/mol. The molecule has 80 valence electrons. The van der Waals surface area contributed by atoms with Crippen molar-refractivity contribution in [2.75, 3.05) is 0 Å². The fourth-order valence-electron chi connectivity index (χ4n) is 0.846. The molecular formula is C13H28. The lowest BCUT2D eigenvalue weighted by molar-refractivity contribution is 0.906. The maximum absolute atomic E-state index is 2.21. The molecule has 0 aliphatic heterocycles. The minimum Gasteiger partial charge on any atom is -0.0776 e. The molecule has 0 radical (unpaired) electrons. The molecule has 0 aromatic rings. The van der Waals surface area contributed by atoms with Crippen LogP contribution in [0.1, 0.15) is 61.8 Å².